The van der Waals surface area contributed by atoms with Gasteiger partial charge in [-0.05, 0) is 55.4 Å². The molecule has 1 fully saturated rings. The van der Waals surface area contributed by atoms with Crippen LogP contribution in [0, 0.1) is 0 Å². The lowest BCUT2D eigenvalue weighted by molar-refractivity contribution is -0.160. The van der Waals surface area contributed by atoms with Crippen LogP contribution in [0.4, 0.5) is 0 Å². The molecule has 1 aromatic carbocycles. The van der Waals surface area contributed by atoms with Crippen LogP contribution in [0.15, 0.2) is 18.2 Å². The number of ether oxygens (including phenoxy) is 2. The number of phenolic OH excluding ortho intramolecular Hbond substituents is 1. The number of nitrogens with zero attached hydrogens (tertiary/aromatic N) is 1. The molecule has 1 heterocycles. The van der Waals surface area contributed by atoms with E-state index >= 15 is 0 Å². The van der Waals surface area contributed by atoms with Crippen LogP contribution >= 0.6 is 0 Å². The molecule has 0 radical (unpaired) electrons. The van der Waals surface area contributed by atoms with E-state index in [0.29, 0.717) is 25.4 Å². The quantitative estimate of drug-likeness (QED) is 0.329. The molecule has 1 aliphatic carbocycles. The van der Waals surface area contributed by atoms with Gasteiger partial charge in [0.05, 0.1) is 19.6 Å². The van der Waals surface area contributed by atoms with Crippen molar-refractivity contribution < 1.29 is 19.4 Å². The molecule has 2 aliphatic rings. The van der Waals surface area contributed by atoms with Gasteiger partial charge in [0.15, 0.2) is 0 Å². The number of esters is 1. The Morgan fingerprint density at radius 2 is 1.88 bits per heavy atom. The fourth-order valence-corrected chi connectivity index (χ4v) is 5.60. The van der Waals surface area contributed by atoms with Crippen molar-refractivity contribution in [3.05, 3.63) is 29.3 Å². The largest absolute Gasteiger partial charge is 0.508 e. The van der Waals surface area contributed by atoms with Gasteiger partial charge in [0.25, 0.3) is 0 Å². The highest BCUT2D eigenvalue weighted by Crippen LogP contribution is 2.46. The summed E-state index contributed by atoms with van der Waals surface area (Å²) in [5.74, 6) is 0.270. The number of hydrogen-bond acceptors (Lipinski definition) is 5. The smallest absolute Gasteiger partial charge is 0.307 e. The van der Waals surface area contributed by atoms with E-state index in [0.717, 1.165) is 77.3 Å². The summed E-state index contributed by atoms with van der Waals surface area (Å²) in [6.45, 7) is 9.43. The second kappa shape index (κ2) is 11.5. The van der Waals surface area contributed by atoms with E-state index in [9.17, 15) is 9.90 Å². The van der Waals surface area contributed by atoms with Crippen LogP contribution in [0.2, 0.25) is 0 Å². The van der Waals surface area contributed by atoms with Crippen LogP contribution < -0.4 is 0 Å². The number of carbonyl (C=O) groups is 1. The Hall–Kier alpha value is -1.59. The van der Waals surface area contributed by atoms with Gasteiger partial charge in [-0.2, -0.15) is 0 Å². The van der Waals surface area contributed by atoms with Gasteiger partial charge in [-0.3, -0.25) is 9.69 Å². The zero-order valence-electron chi connectivity index (χ0n) is 20.5. The van der Waals surface area contributed by atoms with Crippen LogP contribution in [-0.4, -0.2) is 47.8 Å². The van der Waals surface area contributed by atoms with Crippen LogP contribution in [0.25, 0.3) is 0 Å². The maximum atomic E-state index is 12.9. The number of morpholine rings is 1. The van der Waals surface area contributed by atoms with Gasteiger partial charge in [-0.15, -0.1) is 0 Å². The Kier molecular flexibility index (Phi) is 9.01. The summed E-state index contributed by atoms with van der Waals surface area (Å²) in [5, 5.41) is 9.94. The van der Waals surface area contributed by atoms with Crippen molar-refractivity contribution in [2.45, 2.75) is 103 Å². The third-order valence-electron chi connectivity index (χ3n) is 7.46. The Labute approximate surface area is 194 Å². The zero-order valence-corrected chi connectivity index (χ0v) is 20.5. The summed E-state index contributed by atoms with van der Waals surface area (Å²) in [6.07, 6.45) is 10.8. The maximum Gasteiger partial charge on any atom is 0.307 e. The predicted octanol–water partition coefficient (Wildman–Crippen LogP) is 5.72. The molecule has 1 N–H and O–H groups in total. The molecular weight excluding hydrogens is 402 g/mol. The van der Waals surface area contributed by atoms with E-state index in [2.05, 4.69) is 25.7 Å². The number of aryl methyl sites for hydroxylation is 1. The minimum absolute atomic E-state index is 0.0528. The monoisotopic (exact) mass is 445 g/mol. The molecular formula is C27H43NO4. The SMILES string of the molecule is CCCCOC(=O)CC(CCCC)(CCCC)N1CCOC2(CCc3cc(O)ccc32)C1. The van der Waals surface area contributed by atoms with E-state index < -0.39 is 0 Å². The lowest BCUT2D eigenvalue weighted by atomic mass is 9.80. The lowest BCUT2D eigenvalue weighted by Gasteiger charge is -2.51. The first-order valence-corrected chi connectivity index (χ1v) is 12.9. The molecule has 32 heavy (non-hydrogen) atoms. The molecule has 1 saturated heterocycles. The van der Waals surface area contributed by atoms with E-state index in [1.807, 2.05) is 12.1 Å². The number of rotatable bonds is 12. The minimum Gasteiger partial charge on any atom is -0.508 e. The highest BCUT2D eigenvalue weighted by Gasteiger charge is 2.49. The Balaban J connectivity index is 1.86. The van der Waals surface area contributed by atoms with Crippen LogP contribution in [0.1, 0.15) is 96.1 Å². The number of fused-ring (bicyclic) bond motifs is 2. The van der Waals surface area contributed by atoms with Gasteiger partial charge in [0.1, 0.15) is 11.4 Å². The minimum atomic E-state index is -0.336. The highest BCUT2D eigenvalue weighted by molar-refractivity contribution is 5.71. The summed E-state index contributed by atoms with van der Waals surface area (Å²) < 4.78 is 12.1. The van der Waals surface area contributed by atoms with Gasteiger partial charge in [-0.1, -0.05) is 58.9 Å². The van der Waals surface area contributed by atoms with E-state index in [4.69, 9.17) is 9.47 Å². The summed E-state index contributed by atoms with van der Waals surface area (Å²) >= 11 is 0. The van der Waals surface area contributed by atoms with Gasteiger partial charge < -0.3 is 14.6 Å². The average Bonchev–Trinajstić information content (AvgIpc) is 3.12. The van der Waals surface area contributed by atoms with Gasteiger partial charge in [0.2, 0.25) is 0 Å². The number of benzene rings is 1. The summed E-state index contributed by atoms with van der Waals surface area (Å²) in [5.41, 5.74) is 1.90. The standard InChI is InChI=1S/C27H43NO4/c1-4-7-13-26(14-8-5-2,20-25(30)31-17-9-6-3)28-16-18-32-27(21-28)15-12-22-19-23(29)10-11-24(22)27/h10-11,19,29H,4-9,12-18,20-21H2,1-3H3. The average molecular weight is 446 g/mol. The van der Waals surface area contributed by atoms with Crippen molar-refractivity contribution in [3.63, 3.8) is 0 Å². The first-order chi connectivity index (χ1) is 15.5. The van der Waals surface area contributed by atoms with Gasteiger partial charge >= 0.3 is 5.97 Å². The van der Waals surface area contributed by atoms with E-state index in [1.54, 1.807) is 6.07 Å². The normalized spacial score (nSPS) is 21.1. The summed E-state index contributed by atoms with van der Waals surface area (Å²) in [4.78, 5) is 15.5. The Morgan fingerprint density at radius 1 is 1.16 bits per heavy atom. The molecule has 5 nitrogen and oxygen atoms in total. The third kappa shape index (κ3) is 5.66. The Bertz CT molecular complexity index is 741. The molecule has 1 spiro atoms. The second-order valence-electron chi connectivity index (χ2n) is 9.79. The number of phenols is 1. The molecule has 5 heteroatoms. The molecule has 1 aromatic rings. The van der Waals surface area contributed by atoms with Crippen LogP contribution in [-0.2, 0) is 26.3 Å². The van der Waals surface area contributed by atoms with Crippen molar-refractivity contribution in [3.8, 4) is 5.75 Å². The third-order valence-corrected chi connectivity index (χ3v) is 7.46. The number of aromatic hydroxyl groups is 1. The van der Waals surface area contributed by atoms with Crippen molar-refractivity contribution in [2.75, 3.05) is 26.3 Å². The van der Waals surface area contributed by atoms with E-state index in [1.165, 1.54) is 11.1 Å². The molecule has 1 atom stereocenters. The van der Waals surface area contributed by atoms with Gasteiger partial charge in [0, 0.05) is 18.6 Å². The lowest BCUT2D eigenvalue weighted by Crippen LogP contribution is -2.59. The molecule has 0 amide bonds. The first-order valence-electron chi connectivity index (χ1n) is 12.9. The van der Waals surface area contributed by atoms with Crippen LogP contribution in [0.5, 0.6) is 5.75 Å². The van der Waals surface area contributed by atoms with Crippen LogP contribution in [0.3, 0.4) is 0 Å². The van der Waals surface area contributed by atoms with E-state index in [-0.39, 0.29) is 17.1 Å². The van der Waals surface area contributed by atoms with Crippen molar-refractivity contribution in [1.82, 2.24) is 4.90 Å². The molecule has 1 unspecified atom stereocenters. The zero-order chi connectivity index (χ0) is 23.0. The maximum absolute atomic E-state index is 12.9. The van der Waals surface area contributed by atoms with Crippen molar-refractivity contribution in [1.29, 1.82) is 0 Å². The highest BCUT2D eigenvalue weighted by atomic mass is 16.5. The molecule has 3 rings (SSSR count). The number of hydrogen-bond donors (Lipinski definition) is 1. The number of carbonyl (C=O) groups excluding carboxylic acids is 1. The van der Waals surface area contributed by atoms with Gasteiger partial charge in [-0.25, -0.2) is 0 Å². The molecule has 0 aromatic heterocycles. The summed E-state index contributed by atoms with van der Waals surface area (Å²) in [7, 11) is 0. The molecule has 180 valence electrons. The van der Waals surface area contributed by atoms with Crippen molar-refractivity contribution >= 4 is 5.97 Å². The molecule has 0 bridgehead atoms. The first kappa shape index (κ1) is 25.0. The molecule has 0 saturated carbocycles. The molecule has 1 aliphatic heterocycles. The number of unbranched alkanes of at least 4 members (excludes halogenated alkanes) is 3. The van der Waals surface area contributed by atoms with Crippen molar-refractivity contribution in [2.24, 2.45) is 0 Å². The second-order valence-corrected chi connectivity index (χ2v) is 9.79. The topological polar surface area (TPSA) is 59.0 Å². The predicted molar refractivity (Wildman–Crippen MR) is 128 cm³/mol. The fourth-order valence-electron chi connectivity index (χ4n) is 5.60. The Morgan fingerprint density at radius 3 is 2.56 bits per heavy atom. The summed E-state index contributed by atoms with van der Waals surface area (Å²) in [6, 6.07) is 5.71. The fraction of sp³-hybridized carbons (Fsp3) is 0.741.